The van der Waals surface area contributed by atoms with Crippen molar-refractivity contribution in [2.75, 3.05) is 5.73 Å². The van der Waals surface area contributed by atoms with Gasteiger partial charge >= 0.3 is 0 Å². The summed E-state index contributed by atoms with van der Waals surface area (Å²) in [6.45, 7) is 6.15. The van der Waals surface area contributed by atoms with Crippen LogP contribution in [0.2, 0.25) is 0 Å². The Balaban J connectivity index is 0.00000225. The molecule has 0 spiro atoms. The van der Waals surface area contributed by atoms with E-state index in [1.54, 1.807) is 24.3 Å². The molecule has 1 unspecified atom stereocenters. The number of nitrogens with two attached hydrogens (primary N) is 1. The summed E-state index contributed by atoms with van der Waals surface area (Å²) in [5, 5.41) is 2.94. The average Bonchev–Trinajstić information content (AvgIpc) is 2.18. The highest BCUT2D eigenvalue weighted by Gasteiger charge is 2.11. The standard InChI is InChI=1S/C12H18N2O.ClH/c1-8(2)9(3)14-12(15)10-4-6-11(13)7-5-10;/h4-9H,13H2,1-3H3,(H,14,15);1H. The second-order valence-corrected chi connectivity index (χ2v) is 4.13. The minimum Gasteiger partial charge on any atom is -0.399 e. The van der Waals surface area contributed by atoms with E-state index in [1.807, 2.05) is 6.92 Å². The van der Waals surface area contributed by atoms with E-state index in [4.69, 9.17) is 5.73 Å². The van der Waals surface area contributed by atoms with E-state index in [1.165, 1.54) is 0 Å². The molecule has 0 saturated heterocycles. The zero-order valence-corrected chi connectivity index (χ0v) is 10.7. The first kappa shape index (κ1) is 14.8. The highest BCUT2D eigenvalue weighted by atomic mass is 35.5. The van der Waals surface area contributed by atoms with E-state index in [0.717, 1.165) is 0 Å². The van der Waals surface area contributed by atoms with Crippen LogP contribution in [0.3, 0.4) is 0 Å². The third-order valence-corrected chi connectivity index (χ3v) is 2.53. The normalized spacial score (nSPS) is 11.8. The Labute approximate surface area is 103 Å². The van der Waals surface area contributed by atoms with Crippen LogP contribution in [0, 0.1) is 5.92 Å². The number of hydrogen-bond donors (Lipinski definition) is 2. The van der Waals surface area contributed by atoms with Gasteiger partial charge in [-0.1, -0.05) is 13.8 Å². The summed E-state index contributed by atoms with van der Waals surface area (Å²) in [5.74, 6) is 0.388. The summed E-state index contributed by atoms with van der Waals surface area (Å²) in [7, 11) is 0. The molecule has 0 aliphatic rings. The second kappa shape index (κ2) is 6.38. The Morgan fingerprint density at radius 1 is 1.19 bits per heavy atom. The fraction of sp³-hybridized carbons (Fsp3) is 0.417. The number of benzene rings is 1. The first-order valence-electron chi connectivity index (χ1n) is 5.17. The van der Waals surface area contributed by atoms with Gasteiger partial charge in [0.05, 0.1) is 0 Å². The fourth-order valence-corrected chi connectivity index (χ4v) is 1.09. The molecule has 16 heavy (non-hydrogen) atoms. The number of halogens is 1. The number of nitrogen functional groups attached to an aromatic ring is 1. The predicted molar refractivity (Wildman–Crippen MR) is 69.9 cm³/mol. The molecule has 1 atom stereocenters. The number of hydrogen-bond acceptors (Lipinski definition) is 2. The van der Waals surface area contributed by atoms with Gasteiger partial charge in [-0.3, -0.25) is 4.79 Å². The molecule has 1 rings (SSSR count). The third kappa shape index (κ3) is 4.11. The smallest absolute Gasteiger partial charge is 0.251 e. The lowest BCUT2D eigenvalue weighted by atomic mass is 10.1. The molecule has 0 aliphatic carbocycles. The van der Waals surface area contributed by atoms with Gasteiger partial charge in [0.2, 0.25) is 0 Å². The van der Waals surface area contributed by atoms with Crippen LogP contribution in [0.4, 0.5) is 5.69 Å². The lowest BCUT2D eigenvalue weighted by Gasteiger charge is -2.17. The van der Waals surface area contributed by atoms with Gasteiger partial charge in [0, 0.05) is 17.3 Å². The summed E-state index contributed by atoms with van der Waals surface area (Å²) in [4.78, 5) is 11.7. The quantitative estimate of drug-likeness (QED) is 0.800. The monoisotopic (exact) mass is 242 g/mol. The van der Waals surface area contributed by atoms with Crippen molar-refractivity contribution in [1.29, 1.82) is 0 Å². The number of carbonyl (C=O) groups is 1. The number of anilines is 1. The highest BCUT2D eigenvalue weighted by Crippen LogP contribution is 2.07. The van der Waals surface area contributed by atoms with E-state index in [0.29, 0.717) is 17.2 Å². The molecule has 0 heterocycles. The van der Waals surface area contributed by atoms with Crippen LogP contribution in [-0.4, -0.2) is 11.9 Å². The van der Waals surface area contributed by atoms with Crippen molar-refractivity contribution in [3.8, 4) is 0 Å². The van der Waals surface area contributed by atoms with E-state index in [-0.39, 0.29) is 24.4 Å². The molecule has 1 aromatic rings. The Hall–Kier alpha value is -1.22. The first-order valence-corrected chi connectivity index (χ1v) is 5.17. The van der Waals surface area contributed by atoms with Crippen molar-refractivity contribution >= 4 is 24.0 Å². The fourth-order valence-electron chi connectivity index (χ4n) is 1.09. The van der Waals surface area contributed by atoms with Crippen LogP contribution >= 0.6 is 12.4 Å². The molecule has 0 aliphatic heterocycles. The van der Waals surface area contributed by atoms with Crippen molar-refractivity contribution in [1.82, 2.24) is 5.32 Å². The molecule has 4 heteroatoms. The molecule has 0 bridgehead atoms. The highest BCUT2D eigenvalue weighted by molar-refractivity contribution is 5.94. The molecule has 3 nitrogen and oxygen atoms in total. The van der Waals surface area contributed by atoms with Crippen molar-refractivity contribution in [3.63, 3.8) is 0 Å². The molecule has 3 N–H and O–H groups in total. The summed E-state index contributed by atoms with van der Waals surface area (Å²) in [5.41, 5.74) is 6.86. The Morgan fingerprint density at radius 2 is 1.69 bits per heavy atom. The summed E-state index contributed by atoms with van der Waals surface area (Å²) >= 11 is 0. The van der Waals surface area contributed by atoms with Crippen molar-refractivity contribution < 1.29 is 4.79 Å². The Bertz CT molecular complexity index is 335. The van der Waals surface area contributed by atoms with E-state index in [9.17, 15) is 4.79 Å². The van der Waals surface area contributed by atoms with Gasteiger partial charge in [0.1, 0.15) is 0 Å². The predicted octanol–water partition coefficient (Wildman–Crippen LogP) is 2.46. The van der Waals surface area contributed by atoms with E-state index in [2.05, 4.69) is 19.2 Å². The zero-order chi connectivity index (χ0) is 11.4. The largest absolute Gasteiger partial charge is 0.399 e. The maximum atomic E-state index is 11.7. The topological polar surface area (TPSA) is 55.1 Å². The SMILES string of the molecule is CC(C)C(C)NC(=O)c1ccc(N)cc1.Cl. The molecular weight excluding hydrogens is 224 g/mol. The maximum absolute atomic E-state index is 11.7. The van der Waals surface area contributed by atoms with Gasteiger partial charge < -0.3 is 11.1 Å². The van der Waals surface area contributed by atoms with Crippen molar-refractivity contribution in [3.05, 3.63) is 29.8 Å². The summed E-state index contributed by atoms with van der Waals surface area (Å²) in [6.07, 6.45) is 0. The van der Waals surface area contributed by atoms with Crippen molar-refractivity contribution in [2.45, 2.75) is 26.8 Å². The number of amides is 1. The van der Waals surface area contributed by atoms with Crippen LogP contribution in [0.1, 0.15) is 31.1 Å². The lowest BCUT2D eigenvalue weighted by molar-refractivity contribution is 0.0930. The van der Waals surface area contributed by atoms with Gasteiger partial charge in [-0.2, -0.15) is 0 Å². The minimum absolute atomic E-state index is 0. The molecular formula is C12H19ClN2O. The molecule has 0 fully saturated rings. The molecule has 1 amide bonds. The minimum atomic E-state index is -0.0452. The Morgan fingerprint density at radius 3 is 2.12 bits per heavy atom. The third-order valence-electron chi connectivity index (χ3n) is 2.53. The second-order valence-electron chi connectivity index (χ2n) is 4.13. The zero-order valence-electron chi connectivity index (χ0n) is 9.86. The van der Waals surface area contributed by atoms with Crippen LogP contribution < -0.4 is 11.1 Å². The van der Waals surface area contributed by atoms with Gasteiger partial charge in [0.15, 0.2) is 0 Å². The lowest BCUT2D eigenvalue weighted by Crippen LogP contribution is -2.36. The van der Waals surface area contributed by atoms with Gasteiger partial charge in [-0.15, -0.1) is 12.4 Å². The van der Waals surface area contributed by atoms with Crippen LogP contribution in [0.5, 0.6) is 0 Å². The number of rotatable bonds is 3. The van der Waals surface area contributed by atoms with Gasteiger partial charge in [0.25, 0.3) is 5.91 Å². The van der Waals surface area contributed by atoms with Crippen LogP contribution in [0.25, 0.3) is 0 Å². The van der Waals surface area contributed by atoms with Crippen molar-refractivity contribution in [2.24, 2.45) is 5.92 Å². The van der Waals surface area contributed by atoms with E-state index < -0.39 is 0 Å². The molecule has 0 aromatic heterocycles. The summed E-state index contributed by atoms with van der Waals surface area (Å²) < 4.78 is 0. The van der Waals surface area contributed by atoms with Crippen LogP contribution in [0.15, 0.2) is 24.3 Å². The van der Waals surface area contributed by atoms with Crippen LogP contribution in [-0.2, 0) is 0 Å². The molecule has 90 valence electrons. The molecule has 0 radical (unpaired) electrons. The van der Waals surface area contributed by atoms with Gasteiger partial charge in [-0.05, 0) is 37.1 Å². The maximum Gasteiger partial charge on any atom is 0.251 e. The summed E-state index contributed by atoms with van der Waals surface area (Å²) in [6, 6.07) is 7.11. The number of nitrogens with one attached hydrogen (secondary N) is 1. The molecule has 1 aromatic carbocycles. The Kier molecular flexibility index (Phi) is 5.89. The first-order chi connectivity index (χ1) is 7.00. The molecule has 0 saturated carbocycles. The average molecular weight is 243 g/mol. The van der Waals surface area contributed by atoms with E-state index >= 15 is 0 Å². The van der Waals surface area contributed by atoms with Gasteiger partial charge in [-0.25, -0.2) is 0 Å². The number of carbonyl (C=O) groups excluding carboxylic acids is 1.